The van der Waals surface area contributed by atoms with Crippen LogP contribution in [0.25, 0.3) is 0 Å². The second-order valence-corrected chi connectivity index (χ2v) is 4.75. The molecule has 1 aliphatic rings. The van der Waals surface area contributed by atoms with Crippen molar-refractivity contribution in [1.82, 2.24) is 5.32 Å². The smallest absolute Gasteiger partial charge is 0.407 e. The summed E-state index contributed by atoms with van der Waals surface area (Å²) in [7, 11) is 0. The number of aliphatic hydroxyl groups is 1. The van der Waals surface area contributed by atoms with Gasteiger partial charge in [-0.1, -0.05) is 0 Å². The third-order valence-corrected chi connectivity index (χ3v) is 2.07. The number of amides is 1. The number of alkyl carbamates (subject to hydrolysis) is 1. The molecule has 2 unspecified atom stereocenters. The normalized spacial score (nSPS) is 26.4. The molecule has 5 nitrogen and oxygen atoms in total. The molecule has 1 fully saturated rings. The first-order valence-electron chi connectivity index (χ1n) is 5.11. The SMILES string of the molecule is CC(C)(C)OC(=O)NCC1COCC1O. The first-order valence-corrected chi connectivity index (χ1v) is 5.11. The Hall–Kier alpha value is -0.810. The maximum Gasteiger partial charge on any atom is 0.407 e. The molecular weight excluding hydrogens is 198 g/mol. The summed E-state index contributed by atoms with van der Waals surface area (Å²) in [6.07, 6.45) is -0.943. The number of carbonyl (C=O) groups excluding carboxylic acids is 1. The lowest BCUT2D eigenvalue weighted by molar-refractivity contribution is 0.0505. The van der Waals surface area contributed by atoms with Gasteiger partial charge in [0.05, 0.1) is 19.3 Å². The molecule has 5 heteroatoms. The number of nitrogens with one attached hydrogen (secondary N) is 1. The van der Waals surface area contributed by atoms with Crippen molar-refractivity contribution in [3.63, 3.8) is 0 Å². The monoisotopic (exact) mass is 217 g/mol. The number of hydrogen-bond donors (Lipinski definition) is 2. The predicted octanol–water partition coefficient (Wildman–Crippen LogP) is 0.518. The number of rotatable bonds is 2. The molecule has 0 saturated carbocycles. The van der Waals surface area contributed by atoms with Crippen LogP contribution in [0.3, 0.4) is 0 Å². The van der Waals surface area contributed by atoms with E-state index in [0.717, 1.165) is 0 Å². The molecule has 0 bridgehead atoms. The summed E-state index contributed by atoms with van der Waals surface area (Å²) in [6, 6.07) is 0. The molecule has 1 heterocycles. The molecule has 1 aliphatic heterocycles. The molecule has 88 valence electrons. The highest BCUT2D eigenvalue weighted by Crippen LogP contribution is 2.12. The van der Waals surface area contributed by atoms with E-state index in [9.17, 15) is 9.90 Å². The molecule has 2 N–H and O–H groups in total. The third-order valence-electron chi connectivity index (χ3n) is 2.07. The molecule has 1 saturated heterocycles. The molecule has 1 rings (SSSR count). The number of ether oxygens (including phenoxy) is 2. The highest BCUT2D eigenvalue weighted by molar-refractivity contribution is 5.67. The van der Waals surface area contributed by atoms with Crippen LogP contribution in [0.15, 0.2) is 0 Å². The van der Waals surface area contributed by atoms with Crippen LogP contribution in [0.2, 0.25) is 0 Å². The molecule has 15 heavy (non-hydrogen) atoms. The van der Waals surface area contributed by atoms with Crippen LogP contribution in [-0.4, -0.2) is 42.7 Å². The van der Waals surface area contributed by atoms with Gasteiger partial charge in [-0.25, -0.2) is 4.79 Å². The average Bonchev–Trinajstić information content (AvgIpc) is 2.44. The van der Waals surface area contributed by atoms with Gasteiger partial charge in [0.15, 0.2) is 0 Å². The zero-order valence-corrected chi connectivity index (χ0v) is 9.45. The van der Waals surface area contributed by atoms with Gasteiger partial charge in [-0.15, -0.1) is 0 Å². The second-order valence-electron chi connectivity index (χ2n) is 4.75. The van der Waals surface area contributed by atoms with Crippen LogP contribution in [0.1, 0.15) is 20.8 Å². The summed E-state index contributed by atoms with van der Waals surface area (Å²) < 4.78 is 10.1. The molecule has 0 aliphatic carbocycles. The van der Waals surface area contributed by atoms with Crippen molar-refractivity contribution in [1.29, 1.82) is 0 Å². The number of aliphatic hydroxyl groups excluding tert-OH is 1. The van der Waals surface area contributed by atoms with E-state index in [1.165, 1.54) is 0 Å². The molecule has 0 aromatic rings. The maximum atomic E-state index is 11.3. The van der Waals surface area contributed by atoms with Gasteiger partial charge in [-0.3, -0.25) is 0 Å². The van der Waals surface area contributed by atoms with Crippen LogP contribution >= 0.6 is 0 Å². The predicted molar refractivity (Wildman–Crippen MR) is 54.6 cm³/mol. The Balaban J connectivity index is 2.22. The van der Waals surface area contributed by atoms with Crippen LogP contribution in [0, 0.1) is 5.92 Å². The third kappa shape index (κ3) is 4.48. The standard InChI is InChI=1S/C10H19NO4/c1-10(2,3)15-9(13)11-4-7-5-14-6-8(7)12/h7-8,12H,4-6H2,1-3H3,(H,11,13). The van der Waals surface area contributed by atoms with E-state index in [2.05, 4.69) is 5.32 Å². The van der Waals surface area contributed by atoms with Gasteiger partial charge < -0.3 is 19.9 Å². The van der Waals surface area contributed by atoms with Crippen molar-refractivity contribution in [2.45, 2.75) is 32.5 Å². The Kier molecular flexibility index (Phi) is 3.93. The van der Waals surface area contributed by atoms with Gasteiger partial charge in [-0.2, -0.15) is 0 Å². The lowest BCUT2D eigenvalue weighted by Crippen LogP contribution is -2.37. The summed E-state index contributed by atoms with van der Waals surface area (Å²) in [6.45, 7) is 6.63. The van der Waals surface area contributed by atoms with Gasteiger partial charge in [0.2, 0.25) is 0 Å². The summed E-state index contributed by atoms with van der Waals surface area (Å²) >= 11 is 0. The van der Waals surface area contributed by atoms with Crippen molar-refractivity contribution in [2.24, 2.45) is 5.92 Å². The van der Waals surface area contributed by atoms with E-state index in [4.69, 9.17) is 9.47 Å². The summed E-state index contributed by atoms with van der Waals surface area (Å²) in [4.78, 5) is 11.3. The number of carbonyl (C=O) groups is 1. The fourth-order valence-electron chi connectivity index (χ4n) is 1.31. The largest absolute Gasteiger partial charge is 0.444 e. The van der Waals surface area contributed by atoms with Crippen LogP contribution in [0.4, 0.5) is 4.79 Å². The highest BCUT2D eigenvalue weighted by Gasteiger charge is 2.27. The van der Waals surface area contributed by atoms with E-state index >= 15 is 0 Å². The van der Waals surface area contributed by atoms with Gasteiger partial charge in [0, 0.05) is 12.5 Å². The van der Waals surface area contributed by atoms with Gasteiger partial charge in [0.1, 0.15) is 5.60 Å². The Morgan fingerprint density at radius 2 is 2.20 bits per heavy atom. The molecule has 0 aromatic carbocycles. The van der Waals surface area contributed by atoms with Crippen LogP contribution in [-0.2, 0) is 9.47 Å². The van der Waals surface area contributed by atoms with Crippen LogP contribution < -0.4 is 5.32 Å². The molecule has 0 spiro atoms. The summed E-state index contributed by atoms with van der Waals surface area (Å²) in [5, 5.41) is 12.0. The maximum absolute atomic E-state index is 11.3. The van der Waals surface area contributed by atoms with E-state index in [1.807, 2.05) is 0 Å². The Morgan fingerprint density at radius 1 is 1.53 bits per heavy atom. The molecule has 0 radical (unpaired) electrons. The summed E-state index contributed by atoms with van der Waals surface area (Å²) in [5.74, 6) is -0.0301. The molecule has 0 aromatic heterocycles. The quantitative estimate of drug-likeness (QED) is 0.707. The molecular formula is C10H19NO4. The van der Waals surface area contributed by atoms with Crippen molar-refractivity contribution in [2.75, 3.05) is 19.8 Å². The fourth-order valence-corrected chi connectivity index (χ4v) is 1.31. The minimum atomic E-state index is -0.491. The van der Waals surface area contributed by atoms with Gasteiger partial charge in [-0.05, 0) is 20.8 Å². The zero-order valence-electron chi connectivity index (χ0n) is 9.45. The molecule has 1 amide bonds. The van der Waals surface area contributed by atoms with E-state index < -0.39 is 17.8 Å². The van der Waals surface area contributed by atoms with E-state index in [1.54, 1.807) is 20.8 Å². The first-order chi connectivity index (χ1) is 6.88. The lowest BCUT2D eigenvalue weighted by atomic mass is 10.1. The van der Waals surface area contributed by atoms with Crippen LogP contribution in [0.5, 0.6) is 0 Å². The van der Waals surface area contributed by atoms with E-state index in [0.29, 0.717) is 19.8 Å². The Bertz CT molecular complexity index is 224. The Labute approximate surface area is 89.8 Å². The van der Waals surface area contributed by atoms with Crippen molar-refractivity contribution < 1.29 is 19.4 Å². The second kappa shape index (κ2) is 4.81. The number of hydrogen-bond acceptors (Lipinski definition) is 4. The van der Waals surface area contributed by atoms with Crippen molar-refractivity contribution in [3.8, 4) is 0 Å². The molecule has 2 atom stereocenters. The highest BCUT2D eigenvalue weighted by atomic mass is 16.6. The topological polar surface area (TPSA) is 67.8 Å². The minimum absolute atomic E-state index is 0.0301. The minimum Gasteiger partial charge on any atom is -0.444 e. The van der Waals surface area contributed by atoms with Gasteiger partial charge in [0.25, 0.3) is 0 Å². The summed E-state index contributed by atoms with van der Waals surface area (Å²) in [5.41, 5.74) is -0.491. The van der Waals surface area contributed by atoms with Crippen molar-refractivity contribution >= 4 is 6.09 Å². The zero-order chi connectivity index (χ0) is 11.5. The van der Waals surface area contributed by atoms with Gasteiger partial charge >= 0.3 is 6.09 Å². The van der Waals surface area contributed by atoms with E-state index in [-0.39, 0.29) is 5.92 Å². The Morgan fingerprint density at radius 3 is 2.67 bits per heavy atom. The average molecular weight is 217 g/mol. The lowest BCUT2D eigenvalue weighted by Gasteiger charge is -2.21. The van der Waals surface area contributed by atoms with Crippen molar-refractivity contribution in [3.05, 3.63) is 0 Å². The fraction of sp³-hybridized carbons (Fsp3) is 0.900. The first kappa shape index (κ1) is 12.3.